The second-order valence-corrected chi connectivity index (χ2v) is 4.82. The van der Waals surface area contributed by atoms with Crippen molar-refractivity contribution < 1.29 is 4.74 Å². The van der Waals surface area contributed by atoms with Crippen LogP contribution in [0, 0.1) is 11.3 Å². The maximum atomic E-state index is 9.50. The van der Waals surface area contributed by atoms with Crippen LogP contribution in [-0.2, 0) is 0 Å². The number of methoxy groups -OCH3 is 1. The van der Waals surface area contributed by atoms with Crippen LogP contribution in [0.4, 0.5) is 5.82 Å². The molecule has 4 heteroatoms. The second-order valence-electron chi connectivity index (χ2n) is 4.82. The van der Waals surface area contributed by atoms with Gasteiger partial charge in [-0.2, -0.15) is 5.26 Å². The molecule has 22 heavy (non-hydrogen) atoms. The van der Waals surface area contributed by atoms with Gasteiger partial charge in [-0.3, -0.25) is 0 Å². The summed E-state index contributed by atoms with van der Waals surface area (Å²) >= 11 is 0. The molecule has 4 nitrogen and oxygen atoms in total. The highest BCUT2D eigenvalue weighted by Crippen LogP contribution is 2.36. The van der Waals surface area contributed by atoms with Crippen LogP contribution < -0.4 is 10.5 Å². The van der Waals surface area contributed by atoms with Crippen molar-refractivity contribution >= 4 is 5.82 Å². The van der Waals surface area contributed by atoms with E-state index in [0.29, 0.717) is 17.1 Å². The van der Waals surface area contributed by atoms with E-state index in [1.54, 1.807) is 7.11 Å². The van der Waals surface area contributed by atoms with E-state index in [2.05, 4.69) is 6.07 Å². The minimum Gasteiger partial charge on any atom is -0.496 e. The lowest BCUT2D eigenvalue weighted by Crippen LogP contribution is -1.99. The zero-order valence-corrected chi connectivity index (χ0v) is 12.2. The van der Waals surface area contributed by atoms with Gasteiger partial charge in [0.25, 0.3) is 0 Å². The van der Waals surface area contributed by atoms with Crippen LogP contribution >= 0.6 is 0 Å². The Labute approximate surface area is 129 Å². The van der Waals surface area contributed by atoms with Gasteiger partial charge in [-0.15, -0.1) is 0 Å². The van der Waals surface area contributed by atoms with Gasteiger partial charge >= 0.3 is 0 Å². The molecule has 1 heterocycles. The second kappa shape index (κ2) is 5.66. The van der Waals surface area contributed by atoms with Crippen molar-refractivity contribution in [3.63, 3.8) is 0 Å². The molecule has 0 amide bonds. The highest BCUT2D eigenvalue weighted by atomic mass is 16.5. The third-order valence-electron chi connectivity index (χ3n) is 3.59. The largest absolute Gasteiger partial charge is 0.496 e. The van der Waals surface area contributed by atoms with E-state index in [1.807, 2.05) is 65.4 Å². The number of anilines is 1. The molecule has 0 atom stereocenters. The molecule has 3 aromatic rings. The Morgan fingerprint density at radius 2 is 1.68 bits per heavy atom. The zero-order chi connectivity index (χ0) is 15.5. The molecule has 2 N–H and O–H groups in total. The molecular formula is C18H15N3O. The average Bonchev–Trinajstić information content (AvgIpc) is 2.92. The topological polar surface area (TPSA) is 64.0 Å². The van der Waals surface area contributed by atoms with Crippen LogP contribution in [0.3, 0.4) is 0 Å². The average molecular weight is 289 g/mol. The highest BCUT2D eigenvalue weighted by Gasteiger charge is 2.18. The first-order valence-corrected chi connectivity index (χ1v) is 6.86. The number of hydrogen-bond donors (Lipinski definition) is 1. The number of rotatable bonds is 3. The molecule has 0 fully saturated rings. The highest BCUT2D eigenvalue weighted by molar-refractivity contribution is 5.81. The Balaban J connectivity index is 2.24. The Morgan fingerprint density at radius 1 is 1.00 bits per heavy atom. The molecule has 0 radical (unpaired) electrons. The van der Waals surface area contributed by atoms with Gasteiger partial charge in [-0.1, -0.05) is 36.4 Å². The lowest BCUT2D eigenvalue weighted by atomic mass is 10.0. The first-order chi connectivity index (χ1) is 10.8. The monoisotopic (exact) mass is 289 g/mol. The summed E-state index contributed by atoms with van der Waals surface area (Å²) in [6.45, 7) is 0. The summed E-state index contributed by atoms with van der Waals surface area (Å²) in [6.07, 6.45) is 1.88. The predicted octanol–water partition coefficient (Wildman–Crippen LogP) is 3.61. The SMILES string of the molecule is COc1ccccc1-c1cn(-c2ccccc2)c(N)c1C#N. The van der Waals surface area contributed by atoms with Crippen LogP contribution in [0.25, 0.3) is 16.8 Å². The number of ether oxygens (including phenoxy) is 1. The van der Waals surface area contributed by atoms with Crippen LogP contribution in [0.2, 0.25) is 0 Å². The molecule has 0 saturated heterocycles. The molecule has 1 aromatic heterocycles. The van der Waals surface area contributed by atoms with Crippen molar-refractivity contribution in [1.29, 1.82) is 5.26 Å². The molecule has 0 aliphatic rings. The van der Waals surface area contributed by atoms with Crippen molar-refractivity contribution in [1.82, 2.24) is 4.57 Å². The van der Waals surface area contributed by atoms with Gasteiger partial charge in [-0.05, 0) is 18.2 Å². The van der Waals surface area contributed by atoms with E-state index in [9.17, 15) is 5.26 Å². The van der Waals surface area contributed by atoms with E-state index in [-0.39, 0.29) is 0 Å². The fourth-order valence-electron chi connectivity index (χ4n) is 2.51. The minimum atomic E-state index is 0.426. The maximum Gasteiger partial charge on any atom is 0.126 e. The van der Waals surface area contributed by atoms with Crippen molar-refractivity contribution in [3.8, 4) is 28.6 Å². The molecule has 108 valence electrons. The normalized spacial score (nSPS) is 10.2. The van der Waals surface area contributed by atoms with Gasteiger partial charge in [0.1, 0.15) is 23.2 Å². The number of para-hydroxylation sites is 2. The number of nitriles is 1. The number of aromatic nitrogens is 1. The molecule has 0 unspecified atom stereocenters. The van der Waals surface area contributed by atoms with Crippen molar-refractivity contribution in [2.24, 2.45) is 0 Å². The van der Waals surface area contributed by atoms with Crippen LogP contribution in [-0.4, -0.2) is 11.7 Å². The van der Waals surface area contributed by atoms with Crippen molar-refractivity contribution in [3.05, 3.63) is 66.4 Å². The summed E-state index contributed by atoms with van der Waals surface area (Å²) in [5.41, 5.74) is 9.16. The maximum absolute atomic E-state index is 9.50. The van der Waals surface area contributed by atoms with E-state index < -0.39 is 0 Å². The fraction of sp³-hybridized carbons (Fsp3) is 0.0556. The molecule has 0 bridgehead atoms. The van der Waals surface area contributed by atoms with Gasteiger partial charge in [-0.25, -0.2) is 0 Å². The van der Waals surface area contributed by atoms with Gasteiger partial charge in [0.2, 0.25) is 0 Å². The summed E-state index contributed by atoms with van der Waals surface area (Å²) < 4.78 is 7.21. The van der Waals surface area contributed by atoms with Gasteiger partial charge in [0.15, 0.2) is 0 Å². The predicted molar refractivity (Wildman–Crippen MR) is 86.9 cm³/mol. The summed E-state index contributed by atoms with van der Waals surface area (Å²) in [5, 5.41) is 9.50. The molecule has 0 aliphatic heterocycles. The molecule has 0 spiro atoms. The molecular weight excluding hydrogens is 274 g/mol. The number of hydrogen-bond acceptors (Lipinski definition) is 3. The molecule has 2 aromatic carbocycles. The molecule has 0 aliphatic carbocycles. The van der Waals surface area contributed by atoms with E-state index in [1.165, 1.54) is 0 Å². The smallest absolute Gasteiger partial charge is 0.126 e. The number of nitrogens with zero attached hydrogens (tertiary/aromatic N) is 2. The first kappa shape index (κ1) is 13.8. The summed E-state index contributed by atoms with van der Waals surface area (Å²) in [5.74, 6) is 1.14. The van der Waals surface area contributed by atoms with Crippen LogP contribution in [0.5, 0.6) is 5.75 Å². The third-order valence-corrected chi connectivity index (χ3v) is 3.59. The lowest BCUT2D eigenvalue weighted by molar-refractivity contribution is 0.416. The fourth-order valence-corrected chi connectivity index (χ4v) is 2.51. The van der Waals surface area contributed by atoms with Crippen LogP contribution in [0.15, 0.2) is 60.8 Å². The number of benzene rings is 2. The number of nitrogens with two attached hydrogens (primary N) is 1. The Morgan fingerprint density at radius 3 is 2.36 bits per heavy atom. The zero-order valence-electron chi connectivity index (χ0n) is 12.2. The lowest BCUT2D eigenvalue weighted by Gasteiger charge is -2.06. The van der Waals surface area contributed by atoms with Gasteiger partial charge < -0.3 is 15.0 Å². The van der Waals surface area contributed by atoms with Crippen molar-refractivity contribution in [2.75, 3.05) is 12.8 Å². The Bertz CT molecular complexity index is 845. The summed E-state index contributed by atoms with van der Waals surface area (Å²) in [4.78, 5) is 0. The van der Waals surface area contributed by atoms with Crippen molar-refractivity contribution in [2.45, 2.75) is 0 Å². The van der Waals surface area contributed by atoms with E-state index >= 15 is 0 Å². The molecule has 0 saturated carbocycles. The standard InChI is InChI=1S/C18H15N3O/c1-22-17-10-6-5-9-14(17)16-12-21(18(20)15(16)11-19)13-7-3-2-4-8-13/h2-10,12H,20H2,1H3. The quantitative estimate of drug-likeness (QED) is 0.801. The van der Waals surface area contributed by atoms with Gasteiger partial charge in [0, 0.05) is 23.0 Å². The van der Waals surface area contributed by atoms with Crippen LogP contribution in [0.1, 0.15) is 5.56 Å². The van der Waals surface area contributed by atoms with E-state index in [0.717, 1.165) is 16.8 Å². The van der Waals surface area contributed by atoms with E-state index in [4.69, 9.17) is 10.5 Å². The third kappa shape index (κ3) is 2.19. The van der Waals surface area contributed by atoms with Gasteiger partial charge in [0.05, 0.1) is 7.11 Å². The minimum absolute atomic E-state index is 0.426. The first-order valence-electron chi connectivity index (χ1n) is 6.86. The summed E-state index contributed by atoms with van der Waals surface area (Å²) in [6, 6.07) is 19.5. The Hall–Kier alpha value is -3.19. The number of nitrogen functional groups attached to an aromatic ring is 1. The summed E-state index contributed by atoms with van der Waals surface area (Å²) in [7, 11) is 1.61. The molecule has 3 rings (SSSR count). The Kier molecular flexibility index (Phi) is 3.55.